The Bertz CT molecular complexity index is 207. The summed E-state index contributed by atoms with van der Waals surface area (Å²) >= 11 is 0. The van der Waals surface area contributed by atoms with E-state index in [1.807, 2.05) is 0 Å². The lowest BCUT2D eigenvalue weighted by molar-refractivity contribution is -0.124. The zero-order valence-electron chi connectivity index (χ0n) is 8.45. The summed E-state index contributed by atoms with van der Waals surface area (Å²) < 4.78 is 10.8. The van der Waals surface area contributed by atoms with E-state index < -0.39 is 6.10 Å². The van der Waals surface area contributed by atoms with Crippen molar-refractivity contribution in [3.63, 3.8) is 0 Å². The summed E-state index contributed by atoms with van der Waals surface area (Å²) in [5, 5.41) is 10.0. The van der Waals surface area contributed by atoms with E-state index in [0.29, 0.717) is 19.8 Å². The topological polar surface area (TPSA) is 38.7 Å². The Kier molecular flexibility index (Phi) is 3.56. The van der Waals surface area contributed by atoms with Crippen molar-refractivity contribution < 1.29 is 14.6 Å². The van der Waals surface area contributed by atoms with E-state index in [-0.39, 0.29) is 6.10 Å². The SMILES string of the molecule is OC(C1=CCCCC1)C1COCCO1. The lowest BCUT2D eigenvalue weighted by atomic mass is 9.93. The van der Waals surface area contributed by atoms with Crippen LogP contribution in [0.25, 0.3) is 0 Å². The molecule has 2 rings (SSSR count). The molecular weight excluding hydrogens is 180 g/mol. The Morgan fingerprint density at radius 3 is 2.93 bits per heavy atom. The molecule has 80 valence electrons. The van der Waals surface area contributed by atoms with Gasteiger partial charge in [0.2, 0.25) is 0 Å². The van der Waals surface area contributed by atoms with Crippen LogP contribution in [0.5, 0.6) is 0 Å². The van der Waals surface area contributed by atoms with E-state index in [1.165, 1.54) is 12.8 Å². The first-order valence-electron chi connectivity index (χ1n) is 5.44. The van der Waals surface area contributed by atoms with Crippen LogP contribution in [-0.4, -0.2) is 37.1 Å². The number of hydrogen-bond donors (Lipinski definition) is 1. The van der Waals surface area contributed by atoms with Gasteiger partial charge in [-0.2, -0.15) is 0 Å². The van der Waals surface area contributed by atoms with E-state index in [4.69, 9.17) is 9.47 Å². The molecule has 3 heteroatoms. The molecule has 14 heavy (non-hydrogen) atoms. The predicted octanol–water partition coefficient (Wildman–Crippen LogP) is 1.26. The zero-order chi connectivity index (χ0) is 9.80. The van der Waals surface area contributed by atoms with Gasteiger partial charge in [-0.15, -0.1) is 0 Å². The Balaban J connectivity index is 1.91. The van der Waals surface area contributed by atoms with Crippen LogP contribution in [0.2, 0.25) is 0 Å². The maximum absolute atomic E-state index is 10.0. The Hall–Kier alpha value is -0.380. The molecule has 1 aliphatic carbocycles. The average Bonchev–Trinajstić information content (AvgIpc) is 2.30. The van der Waals surface area contributed by atoms with Crippen molar-refractivity contribution in [2.24, 2.45) is 0 Å². The monoisotopic (exact) mass is 198 g/mol. The molecule has 3 nitrogen and oxygen atoms in total. The molecule has 0 saturated carbocycles. The highest BCUT2D eigenvalue weighted by Gasteiger charge is 2.26. The van der Waals surface area contributed by atoms with Gasteiger partial charge in [-0.05, 0) is 31.3 Å². The van der Waals surface area contributed by atoms with Crippen molar-refractivity contribution in [3.8, 4) is 0 Å². The van der Waals surface area contributed by atoms with Gasteiger partial charge in [0.1, 0.15) is 12.2 Å². The largest absolute Gasteiger partial charge is 0.386 e. The summed E-state index contributed by atoms with van der Waals surface area (Å²) in [6, 6.07) is 0. The molecule has 1 heterocycles. The van der Waals surface area contributed by atoms with E-state index in [2.05, 4.69) is 6.08 Å². The first kappa shape index (κ1) is 10.1. The van der Waals surface area contributed by atoms with Gasteiger partial charge in [0, 0.05) is 0 Å². The van der Waals surface area contributed by atoms with Crippen LogP contribution in [-0.2, 0) is 9.47 Å². The summed E-state index contributed by atoms with van der Waals surface area (Å²) in [6.45, 7) is 1.79. The first-order valence-corrected chi connectivity index (χ1v) is 5.44. The van der Waals surface area contributed by atoms with E-state index in [1.54, 1.807) is 0 Å². The molecule has 1 fully saturated rings. The molecule has 1 aliphatic heterocycles. The van der Waals surface area contributed by atoms with Crippen molar-refractivity contribution in [1.29, 1.82) is 0 Å². The van der Waals surface area contributed by atoms with Crippen LogP contribution in [0, 0.1) is 0 Å². The minimum atomic E-state index is -0.449. The van der Waals surface area contributed by atoms with Crippen LogP contribution in [0.3, 0.4) is 0 Å². The maximum atomic E-state index is 10.0. The summed E-state index contributed by atoms with van der Waals surface area (Å²) in [5.41, 5.74) is 1.15. The fourth-order valence-electron chi connectivity index (χ4n) is 2.06. The molecule has 2 unspecified atom stereocenters. The van der Waals surface area contributed by atoms with Gasteiger partial charge in [0.05, 0.1) is 19.8 Å². The molecule has 2 aliphatic rings. The molecule has 0 spiro atoms. The number of ether oxygens (including phenoxy) is 2. The molecule has 2 atom stereocenters. The third-order valence-corrected chi connectivity index (χ3v) is 2.90. The van der Waals surface area contributed by atoms with Crippen molar-refractivity contribution in [2.45, 2.75) is 37.9 Å². The van der Waals surface area contributed by atoms with Gasteiger partial charge in [-0.25, -0.2) is 0 Å². The van der Waals surface area contributed by atoms with Crippen LogP contribution in [0.1, 0.15) is 25.7 Å². The Morgan fingerprint density at radius 1 is 1.36 bits per heavy atom. The van der Waals surface area contributed by atoms with Gasteiger partial charge < -0.3 is 14.6 Å². The smallest absolute Gasteiger partial charge is 0.111 e. The van der Waals surface area contributed by atoms with Gasteiger partial charge in [0.25, 0.3) is 0 Å². The van der Waals surface area contributed by atoms with Crippen molar-refractivity contribution in [1.82, 2.24) is 0 Å². The molecule has 0 radical (unpaired) electrons. The lowest BCUT2D eigenvalue weighted by Crippen LogP contribution is -2.39. The van der Waals surface area contributed by atoms with E-state index >= 15 is 0 Å². The van der Waals surface area contributed by atoms with Gasteiger partial charge in [-0.1, -0.05) is 6.08 Å². The van der Waals surface area contributed by atoms with Crippen LogP contribution in [0.4, 0.5) is 0 Å². The number of hydrogen-bond acceptors (Lipinski definition) is 3. The number of rotatable bonds is 2. The quantitative estimate of drug-likeness (QED) is 0.679. The number of aliphatic hydroxyl groups is 1. The third-order valence-electron chi connectivity index (χ3n) is 2.90. The normalized spacial score (nSPS) is 30.9. The molecule has 0 bridgehead atoms. The minimum Gasteiger partial charge on any atom is -0.386 e. The molecule has 0 aromatic heterocycles. The summed E-state index contributed by atoms with van der Waals surface area (Å²) in [6.07, 6.45) is 6.12. The fraction of sp³-hybridized carbons (Fsp3) is 0.818. The Morgan fingerprint density at radius 2 is 2.29 bits per heavy atom. The van der Waals surface area contributed by atoms with Crippen molar-refractivity contribution >= 4 is 0 Å². The Labute approximate surface area is 84.7 Å². The predicted molar refractivity (Wildman–Crippen MR) is 53.1 cm³/mol. The molecule has 0 amide bonds. The summed E-state index contributed by atoms with van der Waals surface area (Å²) in [7, 11) is 0. The second-order valence-electron chi connectivity index (χ2n) is 3.95. The minimum absolute atomic E-state index is 0.145. The molecule has 1 N–H and O–H groups in total. The second kappa shape index (κ2) is 4.91. The molecule has 0 aromatic rings. The molecular formula is C11H18O3. The van der Waals surface area contributed by atoms with E-state index in [9.17, 15) is 5.11 Å². The number of aliphatic hydroxyl groups excluding tert-OH is 1. The van der Waals surface area contributed by atoms with Crippen molar-refractivity contribution in [3.05, 3.63) is 11.6 Å². The highest BCUT2D eigenvalue weighted by molar-refractivity contribution is 5.12. The maximum Gasteiger partial charge on any atom is 0.111 e. The highest BCUT2D eigenvalue weighted by Crippen LogP contribution is 2.23. The van der Waals surface area contributed by atoms with Gasteiger partial charge >= 0.3 is 0 Å². The molecule has 0 aromatic carbocycles. The second-order valence-corrected chi connectivity index (χ2v) is 3.95. The third kappa shape index (κ3) is 2.35. The highest BCUT2D eigenvalue weighted by atomic mass is 16.6. The van der Waals surface area contributed by atoms with Crippen LogP contribution in [0.15, 0.2) is 11.6 Å². The fourth-order valence-corrected chi connectivity index (χ4v) is 2.06. The van der Waals surface area contributed by atoms with Gasteiger partial charge in [-0.3, -0.25) is 0 Å². The summed E-state index contributed by atoms with van der Waals surface area (Å²) in [4.78, 5) is 0. The van der Waals surface area contributed by atoms with Crippen LogP contribution < -0.4 is 0 Å². The van der Waals surface area contributed by atoms with Crippen molar-refractivity contribution in [2.75, 3.05) is 19.8 Å². The lowest BCUT2D eigenvalue weighted by Gasteiger charge is -2.29. The number of allylic oxidation sites excluding steroid dienone is 1. The standard InChI is InChI=1S/C11H18O3/c12-11(9-4-2-1-3-5-9)10-8-13-6-7-14-10/h4,10-12H,1-3,5-8H2. The van der Waals surface area contributed by atoms with E-state index in [0.717, 1.165) is 18.4 Å². The molecule has 1 saturated heterocycles. The zero-order valence-corrected chi connectivity index (χ0v) is 8.45. The average molecular weight is 198 g/mol. The summed E-state index contributed by atoms with van der Waals surface area (Å²) in [5.74, 6) is 0. The van der Waals surface area contributed by atoms with Crippen LogP contribution >= 0.6 is 0 Å². The first-order chi connectivity index (χ1) is 6.88. The van der Waals surface area contributed by atoms with Gasteiger partial charge in [0.15, 0.2) is 0 Å².